The minimum atomic E-state index is -0.0240. The summed E-state index contributed by atoms with van der Waals surface area (Å²) in [7, 11) is 0. The quantitative estimate of drug-likeness (QED) is 0.809. The van der Waals surface area contributed by atoms with Crippen LogP contribution in [0.25, 0.3) is 11.4 Å². The Kier molecular flexibility index (Phi) is 3.16. The van der Waals surface area contributed by atoms with E-state index in [2.05, 4.69) is 31.3 Å². The van der Waals surface area contributed by atoms with Gasteiger partial charge in [0.05, 0.1) is 13.2 Å². The molecule has 0 atom stereocenters. The van der Waals surface area contributed by atoms with Gasteiger partial charge < -0.3 is 10.8 Å². The predicted molar refractivity (Wildman–Crippen MR) is 62.5 cm³/mol. The summed E-state index contributed by atoms with van der Waals surface area (Å²) in [5.41, 5.74) is 7.13. The summed E-state index contributed by atoms with van der Waals surface area (Å²) in [5.74, 6) is 0.451. The molecule has 0 saturated heterocycles. The van der Waals surface area contributed by atoms with Gasteiger partial charge in [0.2, 0.25) is 5.82 Å². The Morgan fingerprint density at radius 1 is 1.44 bits per heavy atom. The number of nitrogens with zero attached hydrogens (tertiary/aromatic N) is 4. The number of hydrogen-bond acceptors (Lipinski definition) is 5. The van der Waals surface area contributed by atoms with Crippen molar-refractivity contribution in [1.82, 2.24) is 20.2 Å². The summed E-state index contributed by atoms with van der Waals surface area (Å²) in [6, 6.07) is 5.44. The summed E-state index contributed by atoms with van der Waals surface area (Å²) >= 11 is 3.35. The van der Waals surface area contributed by atoms with Gasteiger partial charge in [-0.1, -0.05) is 15.9 Å². The highest BCUT2D eigenvalue weighted by molar-refractivity contribution is 9.10. The van der Waals surface area contributed by atoms with Crippen LogP contribution in [0.15, 0.2) is 22.7 Å². The number of tetrazole rings is 1. The molecule has 0 saturated carbocycles. The molecular formula is C9H10BrN5O. The number of nitrogen functional groups attached to an aromatic ring is 1. The first-order valence-corrected chi connectivity index (χ1v) is 5.44. The van der Waals surface area contributed by atoms with Crippen molar-refractivity contribution >= 4 is 21.6 Å². The van der Waals surface area contributed by atoms with Gasteiger partial charge in [-0.3, -0.25) is 0 Å². The van der Waals surface area contributed by atoms with E-state index in [1.54, 1.807) is 6.07 Å². The number of halogens is 1. The molecule has 3 N–H and O–H groups in total. The van der Waals surface area contributed by atoms with Crippen molar-refractivity contribution in [2.75, 3.05) is 12.3 Å². The number of benzene rings is 1. The van der Waals surface area contributed by atoms with E-state index in [0.717, 1.165) is 10.0 Å². The third-order valence-electron chi connectivity index (χ3n) is 2.01. The van der Waals surface area contributed by atoms with E-state index in [9.17, 15) is 0 Å². The molecule has 7 heteroatoms. The molecule has 0 unspecified atom stereocenters. The summed E-state index contributed by atoms with van der Waals surface area (Å²) < 4.78 is 0.898. The maximum atomic E-state index is 8.74. The lowest BCUT2D eigenvalue weighted by Gasteiger charge is -2.00. The molecule has 1 heterocycles. The van der Waals surface area contributed by atoms with Crippen LogP contribution in [-0.4, -0.2) is 31.9 Å². The van der Waals surface area contributed by atoms with Crippen molar-refractivity contribution in [2.45, 2.75) is 6.54 Å². The van der Waals surface area contributed by atoms with Crippen LogP contribution in [-0.2, 0) is 6.54 Å². The Labute approximate surface area is 100 Å². The highest BCUT2D eigenvalue weighted by Gasteiger charge is 2.09. The molecule has 16 heavy (non-hydrogen) atoms. The SMILES string of the molecule is Nc1ccc(Br)cc1-c1nnn(CCO)n1. The molecule has 84 valence electrons. The smallest absolute Gasteiger partial charge is 0.207 e. The van der Waals surface area contributed by atoms with E-state index in [1.807, 2.05) is 12.1 Å². The molecule has 1 aromatic carbocycles. The van der Waals surface area contributed by atoms with Gasteiger partial charge in [-0.25, -0.2) is 0 Å². The molecule has 0 radical (unpaired) electrons. The van der Waals surface area contributed by atoms with Crippen LogP contribution in [0.3, 0.4) is 0 Å². The molecule has 0 aliphatic carbocycles. The van der Waals surface area contributed by atoms with E-state index < -0.39 is 0 Å². The van der Waals surface area contributed by atoms with Crippen molar-refractivity contribution in [3.63, 3.8) is 0 Å². The maximum Gasteiger partial charge on any atom is 0.207 e. The van der Waals surface area contributed by atoms with Crippen LogP contribution < -0.4 is 5.73 Å². The molecule has 0 aliphatic heterocycles. The van der Waals surface area contributed by atoms with Gasteiger partial charge in [-0.2, -0.15) is 4.80 Å². The van der Waals surface area contributed by atoms with Crippen molar-refractivity contribution in [2.24, 2.45) is 0 Å². The van der Waals surface area contributed by atoms with E-state index >= 15 is 0 Å². The monoisotopic (exact) mass is 283 g/mol. The van der Waals surface area contributed by atoms with E-state index in [4.69, 9.17) is 10.8 Å². The Hall–Kier alpha value is -1.47. The summed E-state index contributed by atoms with van der Waals surface area (Å²) in [6.45, 7) is 0.296. The number of aromatic nitrogens is 4. The molecule has 0 aliphatic rings. The molecule has 0 amide bonds. The van der Waals surface area contributed by atoms with Crippen LogP contribution in [0, 0.1) is 0 Å². The zero-order valence-corrected chi connectivity index (χ0v) is 9.92. The average Bonchev–Trinajstić information content (AvgIpc) is 2.71. The average molecular weight is 284 g/mol. The zero-order chi connectivity index (χ0) is 11.5. The number of aliphatic hydroxyl groups excluding tert-OH is 1. The second-order valence-corrected chi connectivity index (χ2v) is 4.08. The van der Waals surface area contributed by atoms with E-state index in [0.29, 0.717) is 18.1 Å². The third kappa shape index (κ3) is 2.20. The Balaban J connectivity index is 2.38. The second-order valence-electron chi connectivity index (χ2n) is 3.16. The Morgan fingerprint density at radius 3 is 3.00 bits per heavy atom. The molecule has 2 rings (SSSR count). The Bertz CT molecular complexity index is 498. The first-order chi connectivity index (χ1) is 7.70. The van der Waals surface area contributed by atoms with Crippen molar-refractivity contribution in [1.29, 1.82) is 0 Å². The van der Waals surface area contributed by atoms with Crippen molar-refractivity contribution in [3.05, 3.63) is 22.7 Å². The van der Waals surface area contributed by atoms with Crippen LogP contribution in [0.1, 0.15) is 0 Å². The number of nitrogens with two attached hydrogens (primary N) is 1. The van der Waals surface area contributed by atoms with Crippen LogP contribution in [0.4, 0.5) is 5.69 Å². The molecule has 2 aromatic rings. The van der Waals surface area contributed by atoms with Gasteiger partial charge in [0.15, 0.2) is 0 Å². The number of rotatable bonds is 3. The van der Waals surface area contributed by atoms with Crippen molar-refractivity contribution in [3.8, 4) is 11.4 Å². The fourth-order valence-electron chi connectivity index (χ4n) is 1.26. The van der Waals surface area contributed by atoms with Crippen LogP contribution >= 0.6 is 15.9 Å². The van der Waals surface area contributed by atoms with Gasteiger partial charge in [0.25, 0.3) is 0 Å². The van der Waals surface area contributed by atoms with Gasteiger partial charge >= 0.3 is 0 Å². The first-order valence-electron chi connectivity index (χ1n) is 4.65. The lowest BCUT2D eigenvalue weighted by Crippen LogP contribution is -2.05. The van der Waals surface area contributed by atoms with E-state index in [1.165, 1.54) is 4.80 Å². The minimum Gasteiger partial charge on any atom is -0.398 e. The van der Waals surface area contributed by atoms with Gasteiger partial charge in [-0.15, -0.1) is 10.2 Å². The zero-order valence-electron chi connectivity index (χ0n) is 8.34. The summed E-state index contributed by atoms with van der Waals surface area (Å²) in [5, 5.41) is 20.5. The molecule has 1 aromatic heterocycles. The molecule has 6 nitrogen and oxygen atoms in total. The topological polar surface area (TPSA) is 89.8 Å². The molecule has 0 spiro atoms. The highest BCUT2D eigenvalue weighted by Crippen LogP contribution is 2.25. The standard InChI is InChI=1S/C9H10BrN5O/c10-6-1-2-8(11)7(5-6)9-12-14-15(13-9)3-4-16/h1-2,5,16H,3-4,11H2. The van der Waals surface area contributed by atoms with Crippen LogP contribution in [0.2, 0.25) is 0 Å². The molecule has 0 fully saturated rings. The van der Waals surface area contributed by atoms with Crippen LogP contribution in [0.5, 0.6) is 0 Å². The van der Waals surface area contributed by atoms with Crippen molar-refractivity contribution < 1.29 is 5.11 Å². The maximum absolute atomic E-state index is 8.74. The molecular weight excluding hydrogens is 274 g/mol. The number of aliphatic hydroxyl groups is 1. The fourth-order valence-corrected chi connectivity index (χ4v) is 1.62. The van der Waals surface area contributed by atoms with Gasteiger partial charge in [0, 0.05) is 15.7 Å². The lowest BCUT2D eigenvalue weighted by molar-refractivity contribution is 0.259. The highest BCUT2D eigenvalue weighted by atomic mass is 79.9. The minimum absolute atomic E-state index is 0.0240. The molecule has 0 bridgehead atoms. The summed E-state index contributed by atoms with van der Waals surface area (Å²) in [4.78, 5) is 1.33. The van der Waals surface area contributed by atoms with Gasteiger partial charge in [0.1, 0.15) is 0 Å². The largest absolute Gasteiger partial charge is 0.398 e. The fraction of sp³-hybridized carbons (Fsp3) is 0.222. The predicted octanol–water partition coefficient (Wildman–Crippen LogP) is 0.677. The third-order valence-corrected chi connectivity index (χ3v) is 2.50. The van der Waals surface area contributed by atoms with E-state index in [-0.39, 0.29) is 6.61 Å². The first kappa shape index (κ1) is 11.0. The number of hydrogen-bond donors (Lipinski definition) is 2. The number of anilines is 1. The Morgan fingerprint density at radius 2 is 2.25 bits per heavy atom. The lowest BCUT2D eigenvalue weighted by atomic mass is 10.2. The summed E-state index contributed by atoms with van der Waals surface area (Å²) in [6.07, 6.45) is 0. The normalized spacial score (nSPS) is 10.6. The van der Waals surface area contributed by atoms with Gasteiger partial charge in [-0.05, 0) is 23.4 Å². The second kappa shape index (κ2) is 4.58.